The molecule has 104 valence electrons. The molecule has 19 heavy (non-hydrogen) atoms. The molecule has 1 aromatic heterocycles. The van der Waals surface area contributed by atoms with Gasteiger partial charge in [-0.25, -0.2) is 0 Å². The molecule has 0 spiro atoms. The SMILES string of the molecule is CCNC(=O)c1ccc(N2CCC(C)C(O)C2)nn1. The van der Waals surface area contributed by atoms with Crippen molar-refractivity contribution in [2.45, 2.75) is 26.4 Å². The van der Waals surface area contributed by atoms with Crippen LogP contribution in [-0.4, -0.2) is 46.9 Å². The van der Waals surface area contributed by atoms with Crippen LogP contribution in [0.15, 0.2) is 12.1 Å². The highest BCUT2D eigenvalue weighted by molar-refractivity contribution is 5.92. The minimum atomic E-state index is -0.335. The maximum atomic E-state index is 11.6. The number of carbonyl (C=O) groups excluding carboxylic acids is 1. The van der Waals surface area contributed by atoms with Crippen molar-refractivity contribution in [1.29, 1.82) is 0 Å². The van der Waals surface area contributed by atoms with Crippen LogP contribution < -0.4 is 10.2 Å². The fourth-order valence-electron chi connectivity index (χ4n) is 2.12. The summed E-state index contributed by atoms with van der Waals surface area (Å²) in [4.78, 5) is 13.6. The van der Waals surface area contributed by atoms with Crippen LogP contribution in [0.3, 0.4) is 0 Å². The Morgan fingerprint density at radius 2 is 2.32 bits per heavy atom. The van der Waals surface area contributed by atoms with Gasteiger partial charge < -0.3 is 15.3 Å². The van der Waals surface area contributed by atoms with Crippen LogP contribution in [0.2, 0.25) is 0 Å². The molecule has 0 radical (unpaired) electrons. The van der Waals surface area contributed by atoms with E-state index in [0.29, 0.717) is 30.5 Å². The number of aromatic nitrogens is 2. The summed E-state index contributed by atoms with van der Waals surface area (Å²) in [6, 6.07) is 3.44. The number of anilines is 1. The van der Waals surface area contributed by atoms with Gasteiger partial charge in [-0.05, 0) is 31.4 Å². The lowest BCUT2D eigenvalue weighted by molar-refractivity contribution is 0.0948. The number of aliphatic hydroxyl groups is 1. The third-order valence-corrected chi connectivity index (χ3v) is 3.46. The molecule has 1 saturated heterocycles. The summed E-state index contributed by atoms with van der Waals surface area (Å²) in [5, 5.41) is 20.5. The summed E-state index contributed by atoms with van der Waals surface area (Å²) in [6.45, 7) is 5.89. The van der Waals surface area contributed by atoms with Gasteiger partial charge in [0.1, 0.15) is 0 Å². The average Bonchev–Trinajstić information content (AvgIpc) is 2.42. The van der Waals surface area contributed by atoms with Crippen LogP contribution >= 0.6 is 0 Å². The van der Waals surface area contributed by atoms with Gasteiger partial charge in [0, 0.05) is 19.6 Å². The summed E-state index contributed by atoms with van der Waals surface area (Å²) in [6.07, 6.45) is 0.597. The molecular formula is C13H20N4O2. The second-order valence-corrected chi connectivity index (χ2v) is 4.92. The molecular weight excluding hydrogens is 244 g/mol. The number of aliphatic hydroxyl groups excluding tert-OH is 1. The first-order chi connectivity index (χ1) is 9.11. The minimum Gasteiger partial charge on any atom is -0.391 e. The number of hydrogen-bond donors (Lipinski definition) is 2. The molecule has 2 atom stereocenters. The Kier molecular flexibility index (Phi) is 4.31. The topological polar surface area (TPSA) is 78.4 Å². The molecule has 2 heterocycles. The van der Waals surface area contributed by atoms with Crippen LogP contribution in [0.4, 0.5) is 5.82 Å². The zero-order valence-corrected chi connectivity index (χ0v) is 11.3. The van der Waals surface area contributed by atoms with Crippen molar-refractivity contribution in [3.63, 3.8) is 0 Å². The maximum absolute atomic E-state index is 11.6. The van der Waals surface area contributed by atoms with E-state index < -0.39 is 0 Å². The highest BCUT2D eigenvalue weighted by Gasteiger charge is 2.25. The highest BCUT2D eigenvalue weighted by atomic mass is 16.3. The van der Waals surface area contributed by atoms with Crippen LogP contribution in [0, 0.1) is 5.92 Å². The smallest absolute Gasteiger partial charge is 0.271 e. The van der Waals surface area contributed by atoms with Crippen LogP contribution in [0.1, 0.15) is 30.8 Å². The van der Waals surface area contributed by atoms with Gasteiger partial charge >= 0.3 is 0 Å². The molecule has 0 bridgehead atoms. The van der Waals surface area contributed by atoms with Crippen molar-refractivity contribution in [1.82, 2.24) is 15.5 Å². The second-order valence-electron chi connectivity index (χ2n) is 4.92. The van der Waals surface area contributed by atoms with Crippen molar-refractivity contribution in [3.05, 3.63) is 17.8 Å². The van der Waals surface area contributed by atoms with E-state index in [0.717, 1.165) is 13.0 Å². The first-order valence-electron chi connectivity index (χ1n) is 6.66. The van der Waals surface area contributed by atoms with Crippen LogP contribution in [0.25, 0.3) is 0 Å². The number of rotatable bonds is 3. The van der Waals surface area contributed by atoms with Crippen LogP contribution in [-0.2, 0) is 0 Å². The van der Waals surface area contributed by atoms with Crippen molar-refractivity contribution < 1.29 is 9.90 Å². The van der Waals surface area contributed by atoms with Gasteiger partial charge in [-0.3, -0.25) is 4.79 Å². The first kappa shape index (κ1) is 13.7. The van der Waals surface area contributed by atoms with E-state index in [1.807, 2.05) is 18.7 Å². The van der Waals surface area contributed by atoms with Gasteiger partial charge in [-0.2, -0.15) is 0 Å². The molecule has 6 heteroatoms. The van der Waals surface area contributed by atoms with Gasteiger partial charge in [0.25, 0.3) is 5.91 Å². The van der Waals surface area contributed by atoms with E-state index in [1.165, 1.54) is 0 Å². The molecule has 2 unspecified atom stereocenters. The van der Waals surface area contributed by atoms with Crippen LogP contribution in [0.5, 0.6) is 0 Å². The summed E-state index contributed by atoms with van der Waals surface area (Å²) in [5.41, 5.74) is 0.316. The van der Waals surface area contributed by atoms with Gasteiger partial charge in [0.2, 0.25) is 0 Å². The Balaban J connectivity index is 2.04. The van der Waals surface area contributed by atoms with E-state index >= 15 is 0 Å². The molecule has 6 nitrogen and oxygen atoms in total. The van der Waals surface area contributed by atoms with Crippen molar-refractivity contribution in [2.24, 2.45) is 5.92 Å². The minimum absolute atomic E-state index is 0.214. The molecule has 0 aliphatic carbocycles. The number of amides is 1. The Labute approximate surface area is 112 Å². The summed E-state index contributed by atoms with van der Waals surface area (Å²) < 4.78 is 0. The normalized spacial score (nSPS) is 23.2. The van der Waals surface area contributed by atoms with Gasteiger partial charge in [-0.1, -0.05) is 6.92 Å². The monoisotopic (exact) mass is 264 g/mol. The quantitative estimate of drug-likeness (QED) is 0.828. The zero-order valence-electron chi connectivity index (χ0n) is 11.3. The summed E-state index contributed by atoms with van der Waals surface area (Å²) in [7, 11) is 0. The van der Waals surface area contributed by atoms with E-state index in [1.54, 1.807) is 12.1 Å². The Morgan fingerprint density at radius 1 is 1.53 bits per heavy atom. The zero-order chi connectivity index (χ0) is 13.8. The first-order valence-corrected chi connectivity index (χ1v) is 6.66. The van der Waals surface area contributed by atoms with E-state index in [9.17, 15) is 9.90 Å². The fourth-order valence-corrected chi connectivity index (χ4v) is 2.12. The highest BCUT2D eigenvalue weighted by Crippen LogP contribution is 2.21. The van der Waals surface area contributed by atoms with E-state index in [-0.39, 0.29) is 12.0 Å². The van der Waals surface area contributed by atoms with E-state index in [4.69, 9.17) is 0 Å². The van der Waals surface area contributed by atoms with Crippen molar-refractivity contribution in [2.75, 3.05) is 24.5 Å². The van der Waals surface area contributed by atoms with Gasteiger partial charge in [0.05, 0.1) is 6.10 Å². The fraction of sp³-hybridized carbons (Fsp3) is 0.615. The maximum Gasteiger partial charge on any atom is 0.271 e. The summed E-state index contributed by atoms with van der Waals surface area (Å²) in [5.74, 6) is 0.812. The molecule has 1 aliphatic rings. The van der Waals surface area contributed by atoms with E-state index in [2.05, 4.69) is 15.5 Å². The third kappa shape index (κ3) is 3.20. The standard InChI is InChI=1S/C13H20N4O2/c1-3-14-13(19)10-4-5-12(16-15-10)17-7-6-9(2)11(18)8-17/h4-5,9,11,18H,3,6-8H2,1-2H3,(H,14,19). The van der Waals surface area contributed by atoms with Gasteiger partial charge in [0.15, 0.2) is 11.5 Å². The molecule has 1 aromatic rings. The predicted molar refractivity (Wildman–Crippen MR) is 72.0 cm³/mol. The largest absolute Gasteiger partial charge is 0.391 e. The summed E-state index contributed by atoms with van der Waals surface area (Å²) >= 11 is 0. The third-order valence-electron chi connectivity index (χ3n) is 3.46. The number of piperidine rings is 1. The van der Waals surface area contributed by atoms with Gasteiger partial charge in [-0.15, -0.1) is 10.2 Å². The van der Waals surface area contributed by atoms with Crippen molar-refractivity contribution >= 4 is 11.7 Å². The molecule has 1 aliphatic heterocycles. The second kappa shape index (κ2) is 5.97. The molecule has 2 N–H and O–H groups in total. The molecule has 1 amide bonds. The Bertz CT molecular complexity index is 435. The number of nitrogens with one attached hydrogen (secondary N) is 1. The Hall–Kier alpha value is -1.69. The predicted octanol–water partition coefficient (Wildman–Crippen LogP) is 0.433. The lowest BCUT2D eigenvalue weighted by Gasteiger charge is -2.34. The van der Waals surface area contributed by atoms with Crippen molar-refractivity contribution in [3.8, 4) is 0 Å². The lowest BCUT2D eigenvalue weighted by Crippen LogP contribution is -2.43. The molecule has 2 rings (SSSR count). The number of hydrogen-bond acceptors (Lipinski definition) is 5. The number of β-amino-alcohol motifs (C(OH)–C–C–N with tert-alkyl or cyclic N) is 1. The number of nitrogens with zero attached hydrogens (tertiary/aromatic N) is 3. The molecule has 0 saturated carbocycles. The number of carbonyl (C=O) groups is 1. The molecule has 1 fully saturated rings. The average molecular weight is 264 g/mol. The Morgan fingerprint density at radius 3 is 2.89 bits per heavy atom. The lowest BCUT2D eigenvalue weighted by atomic mass is 9.96. The molecule has 0 aromatic carbocycles.